The number of fused-ring (bicyclic) bond motifs is 1. The number of thiophene rings is 1. The fraction of sp³-hybridized carbons (Fsp3) is 0.200. The van der Waals surface area contributed by atoms with Gasteiger partial charge in [0, 0.05) is 21.0 Å². The SMILES string of the molecule is CSc1csc2c(F)cc(CBr)cc12. The minimum Gasteiger partial charge on any atom is -0.205 e. The third-order valence-electron chi connectivity index (χ3n) is 2.03. The maximum Gasteiger partial charge on any atom is 0.141 e. The van der Waals surface area contributed by atoms with Gasteiger partial charge in [0.1, 0.15) is 5.82 Å². The molecule has 0 saturated heterocycles. The second kappa shape index (κ2) is 4.21. The summed E-state index contributed by atoms with van der Waals surface area (Å²) in [6.45, 7) is 0. The number of thioether (sulfide) groups is 1. The van der Waals surface area contributed by atoms with Gasteiger partial charge in [0.25, 0.3) is 0 Å². The van der Waals surface area contributed by atoms with Gasteiger partial charge in [0.15, 0.2) is 0 Å². The third kappa shape index (κ3) is 1.71. The van der Waals surface area contributed by atoms with Crippen molar-refractivity contribution in [1.82, 2.24) is 0 Å². The Balaban J connectivity index is 2.73. The standard InChI is InChI=1S/C10H8BrFS2/c1-13-9-5-14-10-7(9)2-6(4-11)3-8(10)12/h2-3,5H,4H2,1H3. The lowest BCUT2D eigenvalue weighted by molar-refractivity contribution is 0.640. The lowest BCUT2D eigenvalue weighted by atomic mass is 10.2. The van der Waals surface area contributed by atoms with E-state index in [1.807, 2.05) is 11.6 Å². The molecule has 0 fully saturated rings. The van der Waals surface area contributed by atoms with E-state index < -0.39 is 0 Å². The molecule has 0 aliphatic heterocycles. The number of benzene rings is 1. The Morgan fingerprint density at radius 2 is 2.29 bits per heavy atom. The number of alkyl halides is 1. The van der Waals surface area contributed by atoms with Crippen LogP contribution in [0.2, 0.25) is 0 Å². The van der Waals surface area contributed by atoms with Crippen LogP contribution < -0.4 is 0 Å². The van der Waals surface area contributed by atoms with Gasteiger partial charge in [0.05, 0.1) is 4.70 Å². The van der Waals surface area contributed by atoms with Crippen molar-refractivity contribution in [2.75, 3.05) is 6.26 Å². The molecule has 0 saturated carbocycles. The molecule has 2 aromatic rings. The molecule has 0 unspecified atom stereocenters. The summed E-state index contributed by atoms with van der Waals surface area (Å²) in [5.74, 6) is -0.109. The molecule has 0 bridgehead atoms. The van der Waals surface area contributed by atoms with Crippen LogP contribution >= 0.6 is 39.0 Å². The Bertz CT molecular complexity index is 464. The molecule has 0 radical (unpaired) electrons. The predicted octanol–water partition coefficient (Wildman–Crippen LogP) is 4.66. The maximum atomic E-state index is 13.6. The summed E-state index contributed by atoms with van der Waals surface area (Å²) in [6.07, 6.45) is 2.01. The summed E-state index contributed by atoms with van der Waals surface area (Å²) >= 11 is 6.48. The molecule has 1 aromatic heterocycles. The van der Waals surface area contributed by atoms with Crippen molar-refractivity contribution < 1.29 is 4.39 Å². The number of hydrogen-bond acceptors (Lipinski definition) is 2. The van der Waals surface area contributed by atoms with Gasteiger partial charge < -0.3 is 0 Å². The van der Waals surface area contributed by atoms with Gasteiger partial charge in [-0.15, -0.1) is 23.1 Å². The van der Waals surface area contributed by atoms with Crippen LogP contribution in [0, 0.1) is 5.82 Å². The molecule has 1 aromatic carbocycles. The zero-order chi connectivity index (χ0) is 10.1. The second-order valence-corrected chi connectivity index (χ2v) is 5.18. The van der Waals surface area contributed by atoms with Crippen molar-refractivity contribution in [3.63, 3.8) is 0 Å². The monoisotopic (exact) mass is 290 g/mol. The number of hydrogen-bond donors (Lipinski definition) is 0. The molecule has 4 heteroatoms. The highest BCUT2D eigenvalue weighted by Crippen LogP contribution is 2.34. The first-order valence-electron chi connectivity index (χ1n) is 4.06. The van der Waals surface area contributed by atoms with Crippen LogP contribution in [0.25, 0.3) is 10.1 Å². The van der Waals surface area contributed by atoms with Gasteiger partial charge in [-0.05, 0) is 24.0 Å². The third-order valence-corrected chi connectivity index (χ3v) is 4.61. The number of rotatable bonds is 2. The molecule has 1 heterocycles. The van der Waals surface area contributed by atoms with Crippen molar-refractivity contribution in [1.29, 1.82) is 0 Å². The van der Waals surface area contributed by atoms with Crippen LogP contribution in [-0.2, 0) is 5.33 Å². The Labute approximate surface area is 98.6 Å². The van der Waals surface area contributed by atoms with Crippen LogP contribution in [0.15, 0.2) is 22.4 Å². The Morgan fingerprint density at radius 1 is 1.50 bits per heavy atom. The molecule has 0 amide bonds. The van der Waals surface area contributed by atoms with E-state index in [0.29, 0.717) is 5.33 Å². The van der Waals surface area contributed by atoms with Crippen molar-refractivity contribution in [3.8, 4) is 0 Å². The lowest BCUT2D eigenvalue weighted by Gasteiger charge is -1.99. The van der Waals surface area contributed by atoms with E-state index in [1.54, 1.807) is 17.8 Å². The molecular formula is C10H8BrFS2. The summed E-state index contributed by atoms with van der Waals surface area (Å²) in [5, 5.41) is 3.75. The van der Waals surface area contributed by atoms with Crippen molar-refractivity contribution in [2.24, 2.45) is 0 Å². The first-order chi connectivity index (χ1) is 6.76. The quantitative estimate of drug-likeness (QED) is 0.573. The fourth-order valence-corrected chi connectivity index (χ4v) is 3.48. The van der Waals surface area contributed by atoms with Gasteiger partial charge in [-0.25, -0.2) is 4.39 Å². The minimum absolute atomic E-state index is 0.109. The zero-order valence-electron chi connectivity index (χ0n) is 7.51. The maximum absolute atomic E-state index is 13.6. The summed E-state index contributed by atoms with van der Waals surface area (Å²) in [7, 11) is 0. The lowest BCUT2D eigenvalue weighted by Crippen LogP contribution is -1.81. The first kappa shape index (κ1) is 10.5. The van der Waals surface area contributed by atoms with E-state index >= 15 is 0 Å². The van der Waals surface area contributed by atoms with E-state index in [-0.39, 0.29) is 5.82 Å². The second-order valence-electron chi connectivity index (χ2n) is 2.89. The van der Waals surface area contributed by atoms with Crippen molar-refractivity contribution in [3.05, 3.63) is 28.9 Å². The first-order valence-corrected chi connectivity index (χ1v) is 7.28. The van der Waals surface area contributed by atoms with E-state index in [2.05, 4.69) is 22.0 Å². The molecule has 2 rings (SSSR count). The molecule has 14 heavy (non-hydrogen) atoms. The summed E-state index contributed by atoms with van der Waals surface area (Å²) < 4.78 is 14.3. The highest BCUT2D eigenvalue weighted by atomic mass is 79.9. The highest BCUT2D eigenvalue weighted by molar-refractivity contribution is 9.08. The Hall–Kier alpha value is -0.0600. The van der Waals surface area contributed by atoms with Crippen LogP contribution in [0.1, 0.15) is 5.56 Å². The van der Waals surface area contributed by atoms with E-state index in [4.69, 9.17) is 0 Å². The average Bonchev–Trinajstić information content (AvgIpc) is 2.61. The summed E-state index contributed by atoms with van der Waals surface area (Å²) in [4.78, 5) is 1.16. The van der Waals surface area contributed by atoms with Gasteiger partial charge in [-0.1, -0.05) is 15.9 Å². The Kier molecular flexibility index (Phi) is 3.14. The summed E-state index contributed by atoms with van der Waals surface area (Å²) in [5.41, 5.74) is 0.990. The molecule has 0 spiro atoms. The van der Waals surface area contributed by atoms with E-state index in [0.717, 1.165) is 20.5 Å². The average molecular weight is 291 g/mol. The molecule has 0 N–H and O–H groups in total. The van der Waals surface area contributed by atoms with Gasteiger partial charge in [-0.2, -0.15) is 0 Å². The Morgan fingerprint density at radius 3 is 2.93 bits per heavy atom. The van der Waals surface area contributed by atoms with Gasteiger partial charge >= 0.3 is 0 Å². The predicted molar refractivity (Wildman–Crippen MR) is 66.2 cm³/mol. The fourth-order valence-electron chi connectivity index (χ4n) is 1.36. The van der Waals surface area contributed by atoms with Crippen molar-refractivity contribution >= 4 is 49.1 Å². The van der Waals surface area contributed by atoms with Crippen LogP contribution in [0.3, 0.4) is 0 Å². The van der Waals surface area contributed by atoms with Crippen LogP contribution in [0.5, 0.6) is 0 Å². The molecular weight excluding hydrogens is 283 g/mol. The molecule has 0 aliphatic rings. The summed E-state index contributed by atoms with van der Waals surface area (Å²) in [6, 6.07) is 3.65. The highest BCUT2D eigenvalue weighted by Gasteiger charge is 2.08. The largest absolute Gasteiger partial charge is 0.205 e. The topological polar surface area (TPSA) is 0 Å². The van der Waals surface area contributed by atoms with Crippen LogP contribution in [-0.4, -0.2) is 6.26 Å². The smallest absolute Gasteiger partial charge is 0.141 e. The normalized spacial score (nSPS) is 11.1. The van der Waals surface area contributed by atoms with Gasteiger partial charge in [-0.3, -0.25) is 0 Å². The number of halogens is 2. The van der Waals surface area contributed by atoms with E-state index in [9.17, 15) is 4.39 Å². The van der Waals surface area contributed by atoms with E-state index in [1.165, 1.54) is 11.3 Å². The molecule has 74 valence electrons. The molecule has 0 nitrogen and oxygen atoms in total. The minimum atomic E-state index is -0.109. The molecule has 0 aliphatic carbocycles. The zero-order valence-corrected chi connectivity index (χ0v) is 10.7. The molecule has 0 atom stereocenters. The van der Waals surface area contributed by atoms with Crippen LogP contribution in [0.4, 0.5) is 4.39 Å². The van der Waals surface area contributed by atoms with Crippen molar-refractivity contribution in [2.45, 2.75) is 10.2 Å². The van der Waals surface area contributed by atoms with Gasteiger partial charge in [0.2, 0.25) is 0 Å².